The number of nitrogens with one attached hydrogen (secondary N) is 1. The van der Waals surface area contributed by atoms with E-state index in [0.717, 1.165) is 0 Å². The molecule has 2 heterocycles. The molecular weight excluding hydrogens is 190 g/mol. The van der Waals surface area contributed by atoms with Crippen molar-refractivity contribution in [1.82, 2.24) is 9.97 Å². The zero-order valence-electron chi connectivity index (χ0n) is 6.64. The highest BCUT2D eigenvalue weighted by Gasteiger charge is 2.17. The Balaban J connectivity index is 3.00. The largest absolute Gasteiger partial charge is 0.369 e. The number of fused-ring (bicyclic) bond motifs is 1. The van der Waals surface area contributed by atoms with Gasteiger partial charge in [-0.3, -0.25) is 19.4 Å². The number of nitrogens with two attached hydrogens (primary N) is 1. The first-order chi connectivity index (χ1) is 6.58. The second-order valence-electron chi connectivity index (χ2n) is 2.46. The number of nitrogen functional groups attached to an aromatic ring is 1. The Labute approximate surface area is 75.2 Å². The van der Waals surface area contributed by atoms with Crippen molar-refractivity contribution in [3.63, 3.8) is 0 Å². The Morgan fingerprint density at radius 1 is 1.07 bits per heavy atom. The van der Waals surface area contributed by atoms with Gasteiger partial charge < -0.3 is 5.73 Å². The van der Waals surface area contributed by atoms with Crippen molar-refractivity contribution >= 4 is 17.8 Å². The maximum Gasteiger partial charge on any atom is 0.339 e. The van der Waals surface area contributed by atoms with E-state index in [4.69, 9.17) is 5.73 Å². The number of hydrogen-bond donors (Lipinski definition) is 2. The van der Waals surface area contributed by atoms with Crippen molar-refractivity contribution in [3.05, 3.63) is 21.2 Å². The van der Waals surface area contributed by atoms with Crippen LogP contribution in [-0.2, 0) is 9.59 Å². The minimum absolute atomic E-state index is 0.185. The van der Waals surface area contributed by atoms with Crippen molar-refractivity contribution in [2.24, 2.45) is 9.98 Å². The van der Waals surface area contributed by atoms with E-state index >= 15 is 0 Å². The summed E-state index contributed by atoms with van der Waals surface area (Å²) in [6.07, 6.45) is 0. The smallest absolute Gasteiger partial charge is 0.339 e. The number of anilines is 1. The molecule has 0 aliphatic carbocycles. The third kappa shape index (κ3) is 1.09. The van der Waals surface area contributed by atoms with Gasteiger partial charge in [-0.15, -0.1) is 0 Å². The number of H-pyrrole nitrogens is 1. The standard InChI is InChI=1S/C6H3N5O3/c7-6-10-2-1(3(12)11-6)8-4(13)5(14)9-2/h(H3,7,9,10,11,12,14). The molecule has 0 atom stereocenters. The number of amides is 2. The topological polar surface area (TPSA) is 131 Å². The molecule has 1 aromatic heterocycles. The Kier molecular flexibility index (Phi) is 1.50. The summed E-state index contributed by atoms with van der Waals surface area (Å²) in [5.74, 6) is -2.33. The number of rotatable bonds is 0. The molecular formula is C6H3N5O3. The molecule has 14 heavy (non-hydrogen) atoms. The van der Waals surface area contributed by atoms with Gasteiger partial charge in [0.1, 0.15) is 0 Å². The second-order valence-corrected chi connectivity index (χ2v) is 2.46. The second kappa shape index (κ2) is 2.55. The lowest BCUT2D eigenvalue weighted by Crippen LogP contribution is -2.48. The molecule has 1 aromatic rings. The molecule has 0 radical (unpaired) electrons. The van der Waals surface area contributed by atoms with Crippen LogP contribution in [0.3, 0.4) is 0 Å². The van der Waals surface area contributed by atoms with Gasteiger partial charge in [-0.25, -0.2) is 0 Å². The highest BCUT2D eigenvalue weighted by molar-refractivity contribution is 6.36. The highest BCUT2D eigenvalue weighted by Crippen LogP contribution is 1.82. The summed E-state index contributed by atoms with van der Waals surface area (Å²) >= 11 is 0. The van der Waals surface area contributed by atoms with Gasteiger partial charge >= 0.3 is 11.8 Å². The van der Waals surface area contributed by atoms with Crippen LogP contribution >= 0.6 is 0 Å². The lowest BCUT2D eigenvalue weighted by Gasteiger charge is -1.96. The van der Waals surface area contributed by atoms with E-state index in [1.165, 1.54) is 0 Å². The van der Waals surface area contributed by atoms with Gasteiger partial charge in [0.05, 0.1) is 0 Å². The van der Waals surface area contributed by atoms with Gasteiger partial charge in [-0.2, -0.15) is 15.0 Å². The minimum Gasteiger partial charge on any atom is -0.369 e. The van der Waals surface area contributed by atoms with Crippen LogP contribution in [0.5, 0.6) is 0 Å². The van der Waals surface area contributed by atoms with Gasteiger partial charge in [0, 0.05) is 0 Å². The first kappa shape index (κ1) is 8.23. The van der Waals surface area contributed by atoms with E-state index in [0.29, 0.717) is 0 Å². The number of carbonyl (C=O) groups excluding carboxylic acids is 2. The summed E-state index contributed by atoms with van der Waals surface area (Å²) in [5, 5.41) is -0.288. The molecule has 0 fully saturated rings. The van der Waals surface area contributed by atoms with Gasteiger partial charge in [-0.1, -0.05) is 0 Å². The SMILES string of the molecule is Nc1nc2c(c(=O)[nH]1)=NC(=O)C(=O)N=2. The fourth-order valence-electron chi connectivity index (χ4n) is 0.944. The Morgan fingerprint density at radius 2 is 1.71 bits per heavy atom. The van der Waals surface area contributed by atoms with Crippen LogP contribution in [0.1, 0.15) is 0 Å². The maximum atomic E-state index is 11.1. The molecule has 0 saturated heterocycles. The molecule has 0 saturated carbocycles. The summed E-state index contributed by atoms with van der Waals surface area (Å²) in [6.45, 7) is 0. The molecule has 70 valence electrons. The molecule has 0 aromatic carbocycles. The highest BCUT2D eigenvalue weighted by atomic mass is 16.2. The Morgan fingerprint density at radius 3 is 2.43 bits per heavy atom. The fraction of sp³-hybridized carbons (Fsp3) is 0. The van der Waals surface area contributed by atoms with Crippen LogP contribution in [0.25, 0.3) is 0 Å². The van der Waals surface area contributed by atoms with Gasteiger partial charge in [0.2, 0.25) is 5.95 Å². The van der Waals surface area contributed by atoms with E-state index in [9.17, 15) is 14.4 Å². The molecule has 1 aliphatic heterocycles. The summed E-state index contributed by atoms with van der Waals surface area (Å²) in [4.78, 5) is 44.8. The molecule has 2 rings (SSSR count). The summed E-state index contributed by atoms with van der Waals surface area (Å²) in [6, 6.07) is 0. The van der Waals surface area contributed by atoms with Crippen molar-refractivity contribution in [2.45, 2.75) is 0 Å². The zero-order valence-corrected chi connectivity index (χ0v) is 6.64. The van der Waals surface area contributed by atoms with E-state index < -0.39 is 17.4 Å². The quantitative estimate of drug-likeness (QED) is 0.416. The molecule has 2 amide bonds. The third-order valence-electron chi connectivity index (χ3n) is 1.50. The van der Waals surface area contributed by atoms with Crippen LogP contribution in [-0.4, -0.2) is 21.8 Å². The normalized spacial score (nSPS) is 14.3. The van der Waals surface area contributed by atoms with E-state index in [2.05, 4.69) is 20.0 Å². The van der Waals surface area contributed by atoms with Gasteiger partial charge in [0.15, 0.2) is 10.8 Å². The number of aromatic nitrogens is 2. The predicted molar refractivity (Wildman–Crippen MR) is 41.6 cm³/mol. The van der Waals surface area contributed by atoms with Crippen LogP contribution < -0.4 is 22.1 Å². The van der Waals surface area contributed by atoms with E-state index in [1.54, 1.807) is 0 Å². The first-order valence-corrected chi connectivity index (χ1v) is 3.49. The van der Waals surface area contributed by atoms with Crippen LogP contribution in [0.2, 0.25) is 0 Å². The third-order valence-corrected chi connectivity index (χ3v) is 1.50. The maximum absolute atomic E-state index is 11.1. The van der Waals surface area contributed by atoms with Crippen LogP contribution in [0.15, 0.2) is 14.8 Å². The van der Waals surface area contributed by atoms with Crippen molar-refractivity contribution in [2.75, 3.05) is 5.73 Å². The van der Waals surface area contributed by atoms with Crippen molar-refractivity contribution in [1.29, 1.82) is 0 Å². The first-order valence-electron chi connectivity index (χ1n) is 3.49. The predicted octanol–water partition coefficient (Wildman–Crippen LogP) is -3.34. The monoisotopic (exact) mass is 193 g/mol. The molecule has 0 spiro atoms. The zero-order chi connectivity index (χ0) is 10.3. The number of hydrogen-bond acceptors (Lipinski definition) is 5. The van der Waals surface area contributed by atoms with Gasteiger partial charge in [-0.05, 0) is 0 Å². The molecule has 0 bridgehead atoms. The average Bonchev–Trinajstić information content (AvgIpc) is 2.08. The molecule has 8 heteroatoms. The fourth-order valence-corrected chi connectivity index (χ4v) is 0.944. The summed E-state index contributed by atoms with van der Waals surface area (Å²) in [5.41, 5.74) is 4.28. The van der Waals surface area contributed by atoms with E-state index in [1.807, 2.05) is 0 Å². The van der Waals surface area contributed by atoms with Crippen molar-refractivity contribution in [3.8, 4) is 0 Å². The number of carbonyl (C=O) groups is 2. The Hall–Kier alpha value is -2.38. The molecule has 8 nitrogen and oxygen atoms in total. The average molecular weight is 193 g/mol. The lowest BCUT2D eigenvalue weighted by molar-refractivity contribution is -0.135. The van der Waals surface area contributed by atoms with Crippen molar-refractivity contribution < 1.29 is 9.59 Å². The Bertz CT molecular complexity index is 613. The molecule has 0 unspecified atom stereocenters. The van der Waals surface area contributed by atoms with Crippen LogP contribution in [0, 0.1) is 0 Å². The summed E-state index contributed by atoms with van der Waals surface area (Å²) < 4.78 is 0. The van der Waals surface area contributed by atoms with Gasteiger partial charge in [0.25, 0.3) is 5.56 Å². The minimum atomic E-state index is -1.09. The van der Waals surface area contributed by atoms with Crippen LogP contribution in [0.4, 0.5) is 5.95 Å². The molecule has 3 N–H and O–H groups in total. The number of nitrogens with zero attached hydrogens (tertiary/aromatic N) is 3. The molecule has 1 aliphatic rings. The number of aromatic amines is 1. The summed E-state index contributed by atoms with van der Waals surface area (Å²) in [7, 11) is 0. The van der Waals surface area contributed by atoms with E-state index in [-0.39, 0.29) is 16.8 Å². The lowest BCUT2D eigenvalue weighted by atomic mass is 10.4.